The average Bonchev–Trinajstić information content (AvgIpc) is 2.53. The van der Waals surface area contributed by atoms with E-state index in [9.17, 15) is 8.42 Å². The molecule has 80 valence electrons. The van der Waals surface area contributed by atoms with Gasteiger partial charge >= 0.3 is 0 Å². The molecule has 0 atom stereocenters. The first-order valence-corrected chi connectivity index (χ1v) is 8.01. The third-order valence-electron chi connectivity index (χ3n) is 1.58. The van der Waals surface area contributed by atoms with E-state index in [0.29, 0.717) is 10.8 Å². The lowest BCUT2D eigenvalue weighted by Crippen LogP contribution is -2.24. The zero-order chi connectivity index (χ0) is 10.6. The molecule has 0 aliphatic heterocycles. The minimum atomic E-state index is -3.25. The van der Waals surface area contributed by atoms with E-state index in [2.05, 4.69) is 27.3 Å². The van der Waals surface area contributed by atoms with Gasteiger partial charge in [0, 0.05) is 15.8 Å². The largest absolute Gasteiger partial charge is 0.250 e. The Labute approximate surface area is 102 Å². The number of alkyl halides is 1. The summed E-state index contributed by atoms with van der Waals surface area (Å²) in [6, 6.07) is 3.46. The molecule has 0 aliphatic carbocycles. The fraction of sp³-hybridized carbons (Fsp3) is 0.500. The molecule has 6 heteroatoms. The molecule has 1 rings (SSSR count). The second-order valence-corrected chi connectivity index (χ2v) is 7.17. The SMILES string of the molecule is Cc1ccc(S(=O)(=O)NCCCI)s1. The summed E-state index contributed by atoms with van der Waals surface area (Å²) < 4.78 is 27.2. The molecule has 1 aromatic rings. The van der Waals surface area contributed by atoms with Crippen LogP contribution in [0.15, 0.2) is 16.3 Å². The van der Waals surface area contributed by atoms with Crippen molar-refractivity contribution in [2.24, 2.45) is 0 Å². The van der Waals surface area contributed by atoms with Crippen molar-refractivity contribution < 1.29 is 8.42 Å². The molecule has 1 aromatic heterocycles. The Bertz CT molecular complexity index is 386. The average molecular weight is 345 g/mol. The Hall–Kier alpha value is 0.340. The highest BCUT2D eigenvalue weighted by Gasteiger charge is 2.14. The lowest BCUT2D eigenvalue weighted by Gasteiger charge is -2.02. The summed E-state index contributed by atoms with van der Waals surface area (Å²) in [4.78, 5) is 1.01. The second-order valence-electron chi connectivity index (χ2n) is 2.81. The Morgan fingerprint density at radius 3 is 2.71 bits per heavy atom. The van der Waals surface area contributed by atoms with Crippen molar-refractivity contribution in [2.75, 3.05) is 11.0 Å². The van der Waals surface area contributed by atoms with Crippen LogP contribution in [0.3, 0.4) is 0 Å². The summed E-state index contributed by atoms with van der Waals surface area (Å²) in [6.45, 7) is 2.41. The highest BCUT2D eigenvalue weighted by molar-refractivity contribution is 14.1. The topological polar surface area (TPSA) is 46.2 Å². The van der Waals surface area contributed by atoms with Crippen LogP contribution in [0.25, 0.3) is 0 Å². The predicted molar refractivity (Wildman–Crippen MR) is 67.7 cm³/mol. The van der Waals surface area contributed by atoms with Gasteiger partial charge in [-0.1, -0.05) is 22.6 Å². The van der Waals surface area contributed by atoms with E-state index in [1.165, 1.54) is 11.3 Å². The molecule has 0 saturated carbocycles. The Kier molecular flexibility index (Phi) is 4.81. The van der Waals surface area contributed by atoms with E-state index >= 15 is 0 Å². The van der Waals surface area contributed by atoms with Gasteiger partial charge in [0.05, 0.1) is 0 Å². The molecule has 0 saturated heterocycles. The van der Waals surface area contributed by atoms with Crippen LogP contribution in [-0.4, -0.2) is 19.4 Å². The van der Waals surface area contributed by atoms with Crippen LogP contribution < -0.4 is 4.72 Å². The number of hydrogen-bond acceptors (Lipinski definition) is 3. The lowest BCUT2D eigenvalue weighted by atomic mass is 10.5. The highest BCUT2D eigenvalue weighted by Crippen LogP contribution is 2.20. The van der Waals surface area contributed by atoms with Crippen LogP contribution in [0.5, 0.6) is 0 Å². The van der Waals surface area contributed by atoms with Crippen LogP contribution in [0.4, 0.5) is 0 Å². The van der Waals surface area contributed by atoms with E-state index in [-0.39, 0.29) is 0 Å². The van der Waals surface area contributed by atoms with Crippen LogP contribution in [0, 0.1) is 6.92 Å². The quantitative estimate of drug-likeness (QED) is 0.505. The number of sulfonamides is 1. The molecule has 0 bridgehead atoms. The summed E-state index contributed by atoms with van der Waals surface area (Å²) in [6.07, 6.45) is 0.865. The Balaban J connectivity index is 2.66. The van der Waals surface area contributed by atoms with Gasteiger partial charge in [-0.3, -0.25) is 0 Å². The number of hydrogen-bond donors (Lipinski definition) is 1. The first-order chi connectivity index (χ1) is 6.56. The molecular formula is C8H12INO2S2. The van der Waals surface area contributed by atoms with Crippen LogP contribution in [0.1, 0.15) is 11.3 Å². The molecule has 0 amide bonds. The first kappa shape index (κ1) is 12.4. The van der Waals surface area contributed by atoms with Crippen molar-refractivity contribution >= 4 is 44.0 Å². The van der Waals surface area contributed by atoms with Gasteiger partial charge in [0.15, 0.2) is 0 Å². The number of halogens is 1. The standard InChI is InChI=1S/C8H12INO2S2/c1-7-3-4-8(13-7)14(11,12)10-6-2-5-9/h3-4,10H,2,5-6H2,1H3. The van der Waals surface area contributed by atoms with Crippen molar-refractivity contribution in [3.63, 3.8) is 0 Å². The maximum Gasteiger partial charge on any atom is 0.250 e. The normalized spacial score (nSPS) is 11.9. The molecule has 1 heterocycles. The summed E-state index contributed by atoms with van der Waals surface area (Å²) in [5.74, 6) is 0. The number of thiophene rings is 1. The van der Waals surface area contributed by atoms with Crippen molar-refractivity contribution in [1.82, 2.24) is 4.72 Å². The third kappa shape index (κ3) is 3.48. The van der Waals surface area contributed by atoms with Crippen molar-refractivity contribution in [2.45, 2.75) is 17.6 Å². The molecule has 3 nitrogen and oxygen atoms in total. The summed E-state index contributed by atoms with van der Waals surface area (Å²) in [5.41, 5.74) is 0. The van der Waals surface area contributed by atoms with E-state index in [0.717, 1.165) is 15.7 Å². The van der Waals surface area contributed by atoms with E-state index in [1.807, 2.05) is 13.0 Å². The van der Waals surface area contributed by atoms with Crippen molar-refractivity contribution in [3.05, 3.63) is 17.0 Å². The van der Waals surface area contributed by atoms with Gasteiger partial charge < -0.3 is 0 Å². The molecule has 0 unspecified atom stereocenters. The van der Waals surface area contributed by atoms with Crippen LogP contribution in [-0.2, 0) is 10.0 Å². The summed E-state index contributed by atoms with van der Waals surface area (Å²) >= 11 is 3.53. The maximum atomic E-state index is 11.6. The first-order valence-electron chi connectivity index (χ1n) is 4.18. The summed E-state index contributed by atoms with van der Waals surface area (Å²) in [7, 11) is -3.25. The fourth-order valence-electron chi connectivity index (χ4n) is 0.901. The van der Waals surface area contributed by atoms with E-state index in [4.69, 9.17) is 0 Å². The zero-order valence-corrected chi connectivity index (χ0v) is 11.6. The maximum absolute atomic E-state index is 11.6. The number of aryl methyl sites for hydroxylation is 1. The number of rotatable bonds is 5. The van der Waals surface area contributed by atoms with Crippen LogP contribution in [0.2, 0.25) is 0 Å². The molecule has 0 fully saturated rings. The fourth-order valence-corrected chi connectivity index (χ4v) is 3.68. The van der Waals surface area contributed by atoms with E-state index in [1.54, 1.807) is 6.07 Å². The highest BCUT2D eigenvalue weighted by atomic mass is 127. The van der Waals surface area contributed by atoms with Gasteiger partial charge in [0.1, 0.15) is 4.21 Å². The summed E-state index contributed by atoms with van der Waals surface area (Å²) in [5, 5.41) is 0. The second kappa shape index (κ2) is 5.43. The van der Waals surface area contributed by atoms with Gasteiger partial charge in [-0.25, -0.2) is 13.1 Å². The van der Waals surface area contributed by atoms with Gasteiger partial charge in [0.2, 0.25) is 10.0 Å². The van der Waals surface area contributed by atoms with Gasteiger partial charge in [0.25, 0.3) is 0 Å². The lowest BCUT2D eigenvalue weighted by molar-refractivity contribution is 0.583. The Morgan fingerprint density at radius 1 is 1.50 bits per heavy atom. The molecule has 0 radical (unpaired) electrons. The Morgan fingerprint density at radius 2 is 2.21 bits per heavy atom. The predicted octanol–water partition coefficient (Wildman–Crippen LogP) is 2.16. The molecular weight excluding hydrogens is 333 g/mol. The minimum absolute atomic E-state index is 0.406. The third-order valence-corrected chi connectivity index (χ3v) is 5.30. The van der Waals surface area contributed by atoms with Crippen molar-refractivity contribution in [1.29, 1.82) is 0 Å². The van der Waals surface area contributed by atoms with Gasteiger partial charge in [-0.05, 0) is 25.5 Å². The molecule has 1 N–H and O–H groups in total. The van der Waals surface area contributed by atoms with E-state index < -0.39 is 10.0 Å². The zero-order valence-electron chi connectivity index (χ0n) is 7.79. The smallest absolute Gasteiger partial charge is 0.210 e. The molecule has 0 spiro atoms. The van der Waals surface area contributed by atoms with Gasteiger partial charge in [-0.15, -0.1) is 11.3 Å². The molecule has 14 heavy (non-hydrogen) atoms. The monoisotopic (exact) mass is 345 g/mol. The molecule has 0 aliphatic rings. The van der Waals surface area contributed by atoms with Gasteiger partial charge in [-0.2, -0.15) is 0 Å². The van der Waals surface area contributed by atoms with Crippen molar-refractivity contribution in [3.8, 4) is 0 Å². The number of nitrogens with one attached hydrogen (secondary N) is 1. The molecule has 0 aromatic carbocycles. The van der Waals surface area contributed by atoms with Crippen LogP contribution >= 0.6 is 33.9 Å². The minimum Gasteiger partial charge on any atom is -0.210 e.